The molecular formula is C26H31BrN4O4S2. The van der Waals surface area contributed by atoms with E-state index in [0.29, 0.717) is 18.8 Å². The van der Waals surface area contributed by atoms with Gasteiger partial charge in [-0.15, -0.1) is 0 Å². The van der Waals surface area contributed by atoms with Crippen LogP contribution in [0.15, 0.2) is 87.1 Å². The number of nitrogens with zero attached hydrogens (tertiary/aromatic N) is 2. The Balaban J connectivity index is 1.69. The smallest absolute Gasteiger partial charge is 0.261 e. The monoisotopic (exact) mass is 606 g/mol. The molecule has 3 aromatic carbocycles. The number of piperazine rings is 1. The molecule has 0 radical (unpaired) electrons. The Hall–Kier alpha value is -2.44. The molecule has 4 rings (SSSR count). The predicted octanol–water partition coefficient (Wildman–Crippen LogP) is 4.43. The summed E-state index contributed by atoms with van der Waals surface area (Å²) in [5.74, 6) is 0. The van der Waals surface area contributed by atoms with E-state index in [1.54, 1.807) is 31.2 Å². The number of likely N-dealkylation sites (N-methyl/N-ethyl adjacent to an activating group) is 1. The quantitative estimate of drug-likeness (QED) is 0.374. The van der Waals surface area contributed by atoms with Crippen LogP contribution >= 0.6 is 15.9 Å². The molecule has 0 aliphatic carbocycles. The average molecular weight is 608 g/mol. The van der Waals surface area contributed by atoms with Crippen LogP contribution in [-0.4, -0.2) is 54.5 Å². The molecule has 198 valence electrons. The van der Waals surface area contributed by atoms with E-state index in [9.17, 15) is 16.8 Å². The van der Waals surface area contributed by atoms with E-state index >= 15 is 0 Å². The lowest BCUT2D eigenvalue weighted by Gasteiger charge is -2.36. The SMILES string of the molecule is CCN1CCN(c2ccc(NS(=O)(=O)c3ccc(Br)cc3)cc2S(=O)(=O)NC(C)c2ccccc2)CC1. The van der Waals surface area contributed by atoms with E-state index in [-0.39, 0.29) is 15.5 Å². The maximum absolute atomic E-state index is 13.7. The summed E-state index contributed by atoms with van der Waals surface area (Å²) in [6.45, 7) is 7.82. The minimum atomic E-state index is -4.00. The Morgan fingerprint density at radius 1 is 0.865 bits per heavy atom. The first-order chi connectivity index (χ1) is 17.6. The van der Waals surface area contributed by atoms with Crippen LogP contribution in [-0.2, 0) is 20.0 Å². The van der Waals surface area contributed by atoms with Gasteiger partial charge in [-0.3, -0.25) is 4.72 Å². The standard InChI is InChI=1S/C26H31BrN4O4S2/c1-3-30-15-17-31(18-16-30)25-14-11-23(29-36(32,33)24-12-9-22(27)10-13-24)19-26(25)37(34,35)28-20(2)21-7-5-4-6-8-21/h4-14,19-20,28-29H,3,15-18H2,1-2H3. The van der Waals surface area contributed by atoms with Gasteiger partial charge in [0.15, 0.2) is 0 Å². The Kier molecular flexibility index (Phi) is 8.59. The lowest BCUT2D eigenvalue weighted by molar-refractivity contribution is 0.271. The Morgan fingerprint density at radius 2 is 1.51 bits per heavy atom. The van der Waals surface area contributed by atoms with Crippen LogP contribution in [0.2, 0.25) is 0 Å². The Labute approximate surface area is 227 Å². The lowest BCUT2D eigenvalue weighted by Crippen LogP contribution is -2.46. The van der Waals surface area contributed by atoms with E-state index in [4.69, 9.17) is 0 Å². The lowest BCUT2D eigenvalue weighted by atomic mass is 10.1. The van der Waals surface area contributed by atoms with Crippen molar-refractivity contribution in [2.24, 2.45) is 0 Å². The molecule has 8 nitrogen and oxygen atoms in total. The number of halogens is 1. The zero-order chi connectivity index (χ0) is 26.6. The van der Waals surface area contributed by atoms with E-state index < -0.39 is 26.1 Å². The number of benzene rings is 3. The fourth-order valence-electron chi connectivity index (χ4n) is 4.29. The van der Waals surface area contributed by atoms with Gasteiger partial charge in [0.1, 0.15) is 4.90 Å². The Morgan fingerprint density at radius 3 is 2.14 bits per heavy atom. The summed E-state index contributed by atoms with van der Waals surface area (Å²) in [5, 5.41) is 0. The van der Waals surface area contributed by atoms with E-state index in [2.05, 4.69) is 37.2 Å². The van der Waals surface area contributed by atoms with Crippen molar-refractivity contribution in [1.29, 1.82) is 0 Å². The van der Waals surface area contributed by atoms with Crippen LogP contribution in [0.5, 0.6) is 0 Å². The largest absolute Gasteiger partial charge is 0.368 e. The third kappa shape index (κ3) is 6.71. The zero-order valence-electron chi connectivity index (χ0n) is 20.8. The van der Waals surface area contributed by atoms with Crippen molar-refractivity contribution in [2.45, 2.75) is 29.7 Å². The van der Waals surface area contributed by atoms with Crippen LogP contribution in [0.4, 0.5) is 11.4 Å². The van der Waals surface area contributed by atoms with Gasteiger partial charge in [0.2, 0.25) is 10.0 Å². The maximum atomic E-state index is 13.7. The highest BCUT2D eigenvalue weighted by atomic mass is 79.9. The first-order valence-corrected chi connectivity index (χ1v) is 15.8. The van der Waals surface area contributed by atoms with Crippen LogP contribution < -0.4 is 14.3 Å². The van der Waals surface area contributed by atoms with Crippen molar-refractivity contribution in [3.8, 4) is 0 Å². The highest BCUT2D eigenvalue weighted by Crippen LogP contribution is 2.31. The topological polar surface area (TPSA) is 98.8 Å². The van der Waals surface area contributed by atoms with Crippen LogP contribution in [0, 0.1) is 0 Å². The van der Waals surface area contributed by atoms with Crippen LogP contribution in [0.25, 0.3) is 0 Å². The van der Waals surface area contributed by atoms with E-state index in [1.807, 2.05) is 35.2 Å². The zero-order valence-corrected chi connectivity index (χ0v) is 24.0. The van der Waals surface area contributed by atoms with Crippen molar-refractivity contribution >= 4 is 47.4 Å². The minimum absolute atomic E-state index is 0.0382. The predicted molar refractivity (Wildman–Crippen MR) is 151 cm³/mol. The fourth-order valence-corrected chi connectivity index (χ4v) is 7.09. The molecule has 0 spiro atoms. The average Bonchev–Trinajstić information content (AvgIpc) is 2.89. The summed E-state index contributed by atoms with van der Waals surface area (Å²) in [5.41, 5.74) is 1.55. The van der Waals surface area contributed by atoms with Crippen molar-refractivity contribution in [1.82, 2.24) is 9.62 Å². The second-order valence-electron chi connectivity index (χ2n) is 8.92. The third-order valence-corrected chi connectivity index (χ3v) is 9.91. The molecule has 3 aromatic rings. The molecule has 1 saturated heterocycles. The normalized spacial score (nSPS) is 15.9. The molecule has 11 heteroatoms. The van der Waals surface area contributed by atoms with Gasteiger partial charge >= 0.3 is 0 Å². The Bertz CT molecular complexity index is 1430. The number of hydrogen-bond acceptors (Lipinski definition) is 6. The third-order valence-electron chi connectivity index (χ3n) is 6.42. The molecule has 37 heavy (non-hydrogen) atoms. The summed E-state index contributed by atoms with van der Waals surface area (Å²) in [4.78, 5) is 4.47. The maximum Gasteiger partial charge on any atom is 0.261 e. The molecule has 1 heterocycles. The summed E-state index contributed by atoms with van der Waals surface area (Å²) in [6.07, 6.45) is 0. The van der Waals surface area contributed by atoms with Crippen molar-refractivity contribution in [2.75, 3.05) is 42.3 Å². The van der Waals surface area contributed by atoms with Crippen molar-refractivity contribution < 1.29 is 16.8 Å². The fraction of sp³-hybridized carbons (Fsp3) is 0.308. The van der Waals surface area contributed by atoms with Crippen molar-refractivity contribution in [3.05, 3.63) is 82.8 Å². The van der Waals surface area contributed by atoms with Crippen LogP contribution in [0.1, 0.15) is 25.5 Å². The molecule has 2 N–H and O–H groups in total. The molecule has 1 aliphatic heterocycles. The summed E-state index contributed by atoms with van der Waals surface area (Å²) in [7, 11) is -7.91. The minimum Gasteiger partial charge on any atom is -0.368 e. The van der Waals surface area contributed by atoms with Gasteiger partial charge in [-0.1, -0.05) is 53.2 Å². The first-order valence-electron chi connectivity index (χ1n) is 12.1. The van der Waals surface area contributed by atoms with Gasteiger partial charge < -0.3 is 9.80 Å². The van der Waals surface area contributed by atoms with Gasteiger partial charge in [-0.25, -0.2) is 21.6 Å². The molecule has 0 aromatic heterocycles. The van der Waals surface area contributed by atoms with E-state index in [0.717, 1.165) is 29.7 Å². The van der Waals surface area contributed by atoms with Gasteiger partial charge in [-0.05, 0) is 61.5 Å². The molecule has 0 saturated carbocycles. The van der Waals surface area contributed by atoms with E-state index in [1.165, 1.54) is 18.2 Å². The molecule has 1 unspecified atom stereocenters. The highest BCUT2D eigenvalue weighted by molar-refractivity contribution is 9.10. The number of rotatable bonds is 9. The number of nitrogens with one attached hydrogen (secondary N) is 2. The molecular weight excluding hydrogens is 576 g/mol. The first kappa shape index (κ1) is 27.6. The van der Waals surface area contributed by atoms with Gasteiger partial charge in [0.05, 0.1) is 16.3 Å². The van der Waals surface area contributed by atoms with Gasteiger partial charge in [0.25, 0.3) is 10.0 Å². The second-order valence-corrected chi connectivity index (χ2v) is 13.2. The second kappa shape index (κ2) is 11.5. The summed E-state index contributed by atoms with van der Waals surface area (Å²) < 4.78 is 59.4. The summed E-state index contributed by atoms with van der Waals surface area (Å²) in [6, 6.07) is 19.8. The molecule has 1 aliphatic rings. The van der Waals surface area contributed by atoms with Gasteiger partial charge in [0, 0.05) is 36.7 Å². The summed E-state index contributed by atoms with van der Waals surface area (Å²) >= 11 is 3.30. The number of hydrogen-bond donors (Lipinski definition) is 2. The molecule has 1 atom stereocenters. The van der Waals surface area contributed by atoms with Gasteiger partial charge in [-0.2, -0.15) is 0 Å². The molecule has 1 fully saturated rings. The number of sulfonamides is 2. The number of anilines is 2. The molecule has 0 bridgehead atoms. The highest BCUT2D eigenvalue weighted by Gasteiger charge is 2.27. The van der Waals surface area contributed by atoms with Crippen molar-refractivity contribution in [3.63, 3.8) is 0 Å². The molecule has 0 amide bonds. The van der Waals surface area contributed by atoms with Crippen LogP contribution in [0.3, 0.4) is 0 Å².